The molecular formula is C23H35NO5. The fraction of sp³-hybridized carbons (Fsp3) is 0.652. The number of likely N-dealkylation sites (tertiary alicyclic amines) is 1. The predicted octanol–water partition coefficient (Wildman–Crippen LogP) is 3.99. The predicted molar refractivity (Wildman–Crippen MR) is 112 cm³/mol. The maximum atomic E-state index is 10.8. The van der Waals surface area contributed by atoms with Crippen molar-refractivity contribution >= 4 is 11.9 Å². The van der Waals surface area contributed by atoms with Gasteiger partial charge in [-0.1, -0.05) is 44.4 Å². The molecule has 6 nitrogen and oxygen atoms in total. The van der Waals surface area contributed by atoms with Crippen LogP contribution in [0.4, 0.5) is 0 Å². The Balaban J connectivity index is 0.000000195. The van der Waals surface area contributed by atoms with E-state index in [1.165, 1.54) is 39.2 Å². The quantitative estimate of drug-likeness (QED) is 0.766. The van der Waals surface area contributed by atoms with E-state index in [2.05, 4.69) is 16.6 Å². The lowest BCUT2D eigenvalue weighted by atomic mass is 9.96. The first-order valence-corrected chi connectivity index (χ1v) is 10.7. The first-order chi connectivity index (χ1) is 14.0. The van der Waals surface area contributed by atoms with Crippen molar-refractivity contribution in [2.45, 2.75) is 64.0 Å². The lowest BCUT2D eigenvalue weighted by molar-refractivity contribution is -0.156. The zero-order valence-electron chi connectivity index (χ0n) is 17.7. The molecule has 1 saturated carbocycles. The number of rotatable bonds is 3. The zero-order chi connectivity index (χ0) is 21.1. The van der Waals surface area contributed by atoms with Crippen molar-refractivity contribution in [3.63, 3.8) is 0 Å². The number of ether oxygens (including phenoxy) is 2. The number of aliphatic carboxylic acids is 1. The van der Waals surface area contributed by atoms with E-state index in [4.69, 9.17) is 9.84 Å². The van der Waals surface area contributed by atoms with Crippen LogP contribution in [0.5, 0.6) is 0 Å². The minimum absolute atomic E-state index is 0.291. The Labute approximate surface area is 174 Å². The smallest absolute Gasteiger partial charge is 0.337 e. The number of hydrogen-bond acceptors (Lipinski definition) is 5. The van der Waals surface area contributed by atoms with Gasteiger partial charge >= 0.3 is 11.9 Å². The summed E-state index contributed by atoms with van der Waals surface area (Å²) in [4.78, 5) is 24.0. The highest BCUT2D eigenvalue weighted by Crippen LogP contribution is 2.24. The second kappa shape index (κ2) is 12.6. The van der Waals surface area contributed by atoms with Gasteiger partial charge in [0.2, 0.25) is 0 Å². The number of carboxylic acids is 1. The van der Waals surface area contributed by atoms with Gasteiger partial charge in [-0.15, -0.1) is 0 Å². The maximum Gasteiger partial charge on any atom is 0.337 e. The fourth-order valence-corrected chi connectivity index (χ4v) is 3.47. The largest absolute Gasteiger partial charge is 0.479 e. The summed E-state index contributed by atoms with van der Waals surface area (Å²) in [5.74, 6) is -0.336. The van der Waals surface area contributed by atoms with Gasteiger partial charge < -0.3 is 14.6 Å². The number of methoxy groups -OCH3 is 1. The van der Waals surface area contributed by atoms with Gasteiger partial charge in [0.05, 0.1) is 19.3 Å². The van der Waals surface area contributed by atoms with E-state index in [0.717, 1.165) is 25.4 Å². The van der Waals surface area contributed by atoms with E-state index in [1.54, 1.807) is 24.3 Å². The Kier molecular flexibility index (Phi) is 10.2. The summed E-state index contributed by atoms with van der Waals surface area (Å²) in [7, 11) is 1.37. The second-order valence-corrected chi connectivity index (χ2v) is 8.05. The molecule has 1 aromatic rings. The number of hydrogen-bond donors (Lipinski definition) is 1. The third-order valence-corrected chi connectivity index (χ3v) is 5.28. The summed E-state index contributed by atoms with van der Waals surface area (Å²) < 4.78 is 9.90. The molecule has 2 aliphatic heterocycles. The number of carbonyl (C=O) groups is 2. The van der Waals surface area contributed by atoms with Gasteiger partial charge in [-0.2, -0.15) is 0 Å². The SMILES string of the molecule is C1CC1.CC1CCCN(C2CCC(C(=O)O)OC2)C1.COC(=O)c1ccccc1. The van der Waals surface area contributed by atoms with Crippen molar-refractivity contribution in [2.24, 2.45) is 5.92 Å². The van der Waals surface area contributed by atoms with Crippen molar-refractivity contribution in [3.8, 4) is 0 Å². The van der Waals surface area contributed by atoms with Gasteiger partial charge in [0.25, 0.3) is 0 Å². The minimum Gasteiger partial charge on any atom is -0.479 e. The first-order valence-electron chi connectivity index (χ1n) is 10.7. The zero-order valence-corrected chi connectivity index (χ0v) is 17.7. The molecule has 3 aliphatic rings. The van der Waals surface area contributed by atoms with Crippen LogP contribution >= 0.6 is 0 Å². The van der Waals surface area contributed by atoms with Crippen LogP contribution in [-0.2, 0) is 14.3 Å². The van der Waals surface area contributed by atoms with Gasteiger partial charge in [0.15, 0.2) is 6.10 Å². The monoisotopic (exact) mass is 405 g/mol. The van der Waals surface area contributed by atoms with E-state index < -0.39 is 12.1 Å². The number of carboxylic acid groups (broad SMARTS) is 1. The summed E-state index contributed by atoms with van der Waals surface area (Å²) in [6.45, 7) is 5.17. The molecule has 1 aromatic carbocycles. The van der Waals surface area contributed by atoms with Gasteiger partial charge in [-0.25, -0.2) is 9.59 Å². The molecule has 0 radical (unpaired) electrons. The molecule has 2 heterocycles. The molecule has 6 heteroatoms. The van der Waals surface area contributed by atoms with Crippen LogP contribution in [0.25, 0.3) is 0 Å². The lowest BCUT2D eigenvalue weighted by Crippen LogP contribution is -2.48. The van der Waals surface area contributed by atoms with Crippen molar-refractivity contribution in [2.75, 3.05) is 26.8 Å². The highest BCUT2D eigenvalue weighted by atomic mass is 16.5. The van der Waals surface area contributed by atoms with Crippen LogP contribution in [0.1, 0.15) is 62.2 Å². The third kappa shape index (κ3) is 8.96. The number of carbonyl (C=O) groups excluding carboxylic acids is 1. The van der Waals surface area contributed by atoms with Gasteiger partial charge in [0, 0.05) is 12.6 Å². The van der Waals surface area contributed by atoms with Crippen LogP contribution in [0.2, 0.25) is 0 Å². The Hall–Kier alpha value is -1.92. The molecule has 3 unspecified atom stereocenters. The molecule has 2 saturated heterocycles. The maximum absolute atomic E-state index is 10.8. The number of piperidine rings is 1. The number of benzene rings is 1. The van der Waals surface area contributed by atoms with E-state index in [-0.39, 0.29) is 5.97 Å². The Morgan fingerprint density at radius 1 is 1.07 bits per heavy atom. The minimum atomic E-state index is -0.814. The highest BCUT2D eigenvalue weighted by Gasteiger charge is 2.31. The second-order valence-electron chi connectivity index (χ2n) is 8.05. The molecule has 0 bridgehead atoms. The molecule has 0 spiro atoms. The number of esters is 1. The molecule has 0 amide bonds. The summed E-state index contributed by atoms with van der Waals surface area (Å²) in [6.07, 6.45) is 8.13. The summed E-state index contributed by atoms with van der Waals surface area (Å²) in [6, 6.07) is 9.32. The van der Waals surface area contributed by atoms with Crippen molar-refractivity contribution in [3.05, 3.63) is 35.9 Å². The fourth-order valence-electron chi connectivity index (χ4n) is 3.47. The van der Waals surface area contributed by atoms with Gasteiger partial charge in [-0.05, 0) is 50.3 Å². The van der Waals surface area contributed by atoms with Gasteiger partial charge in [0.1, 0.15) is 0 Å². The molecule has 4 rings (SSSR count). The molecule has 1 aliphatic carbocycles. The summed E-state index contributed by atoms with van der Waals surface area (Å²) >= 11 is 0. The van der Waals surface area contributed by atoms with E-state index in [0.29, 0.717) is 24.6 Å². The first kappa shape index (κ1) is 23.4. The topological polar surface area (TPSA) is 76.1 Å². The normalized spacial score (nSPS) is 26.1. The van der Waals surface area contributed by atoms with Crippen molar-refractivity contribution in [1.82, 2.24) is 4.90 Å². The molecule has 29 heavy (non-hydrogen) atoms. The average Bonchev–Trinajstić information content (AvgIpc) is 3.64. The van der Waals surface area contributed by atoms with Crippen molar-refractivity contribution in [1.29, 1.82) is 0 Å². The molecule has 3 atom stereocenters. The van der Waals surface area contributed by atoms with Crippen LogP contribution in [0.3, 0.4) is 0 Å². The Morgan fingerprint density at radius 2 is 1.76 bits per heavy atom. The van der Waals surface area contributed by atoms with Crippen LogP contribution in [-0.4, -0.2) is 60.9 Å². The van der Waals surface area contributed by atoms with Crippen LogP contribution < -0.4 is 0 Å². The molecule has 1 N–H and O–H groups in total. The van der Waals surface area contributed by atoms with E-state index in [1.807, 2.05) is 6.07 Å². The van der Waals surface area contributed by atoms with Gasteiger partial charge in [-0.3, -0.25) is 4.90 Å². The van der Waals surface area contributed by atoms with Crippen LogP contribution in [0, 0.1) is 5.92 Å². The third-order valence-electron chi connectivity index (χ3n) is 5.28. The highest BCUT2D eigenvalue weighted by molar-refractivity contribution is 5.89. The van der Waals surface area contributed by atoms with E-state index in [9.17, 15) is 9.59 Å². The standard InChI is InChI=1S/C12H21NO3.C8H8O2.C3H6/c1-9-3-2-6-13(7-9)10-4-5-11(12(14)15)16-8-10;1-10-8(9)7-5-3-2-4-6-7;1-2-3-1/h9-11H,2-8H2,1H3,(H,14,15);2-6H,1H3;1-3H2. The van der Waals surface area contributed by atoms with E-state index >= 15 is 0 Å². The molecule has 0 aromatic heterocycles. The Bertz CT molecular complexity index is 608. The average molecular weight is 406 g/mol. The molecule has 3 fully saturated rings. The number of nitrogens with zero attached hydrogens (tertiary/aromatic N) is 1. The van der Waals surface area contributed by atoms with Crippen LogP contribution in [0.15, 0.2) is 30.3 Å². The molecular weight excluding hydrogens is 370 g/mol. The Morgan fingerprint density at radius 3 is 2.24 bits per heavy atom. The summed E-state index contributed by atoms with van der Waals surface area (Å²) in [5.41, 5.74) is 0.588. The lowest BCUT2D eigenvalue weighted by Gasteiger charge is -2.39. The van der Waals surface area contributed by atoms with Crippen molar-refractivity contribution < 1.29 is 24.2 Å². The molecule has 162 valence electrons. The summed E-state index contributed by atoms with van der Waals surface area (Å²) in [5, 5.41) is 8.84.